The number of carbonyl (C=O) groups is 2. The number of amides is 1. The van der Waals surface area contributed by atoms with E-state index in [0.717, 1.165) is 19.3 Å². The highest BCUT2D eigenvalue weighted by atomic mass is 32.7. The van der Waals surface area contributed by atoms with Gasteiger partial charge in [-0.1, -0.05) is 56.3 Å². The molecule has 0 saturated carbocycles. The third kappa shape index (κ3) is 9.70. The topological polar surface area (TPSA) is 84.9 Å². The van der Waals surface area contributed by atoms with Crippen LogP contribution in [0.15, 0.2) is 30.3 Å². The van der Waals surface area contributed by atoms with Crippen LogP contribution in [0.2, 0.25) is 0 Å². The number of ether oxygens (including phenoxy) is 2. The average molecular weight is 445 g/mol. The number of hydrogen-bond acceptors (Lipinski definition) is 6. The molecule has 1 rings (SSSR count). The van der Waals surface area contributed by atoms with Gasteiger partial charge in [-0.3, -0.25) is 14.0 Å². The van der Waals surface area contributed by atoms with E-state index in [0.29, 0.717) is 25.0 Å². The van der Waals surface area contributed by atoms with E-state index in [-0.39, 0.29) is 17.8 Å². The van der Waals surface area contributed by atoms with Gasteiger partial charge < -0.3 is 9.47 Å². The van der Waals surface area contributed by atoms with E-state index in [2.05, 4.69) is 5.09 Å². The molecule has 0 spiro atoms. The highest BCUT2D eigenvalue weighted by molar-refractivity contribution is 8.57. The molecular weight excluding hydrogens is 411 g/mol. The molecule has 0 bridgehead atoms. The molecule has 1 aromatic rings. The van der Waals surface area contributed by atoms with Gasteiger partial charge in [-0.25, -0.2) is 9.88 Å². The van der Waals surface area contributed by atoms with Crippen molar-refractivity contribution in [3.8, 4) is 5.75 Å². The summed E-state index contributed by atoms with van der Waals surface area (Å²) in [5, 5.41) is 3.04. The molecule has 0 heterocycles. The second kappa shape index (κ2) is 13.7. The maximum Gasteiger partial charge on any atom is 0.513 e. The number of carbonyl (C=O) groups excluding carboxylic acids is 2. The summed E-state index contributed by atoms with van der Waals surface area (Å²) in [7, 11) is 3.23. The Kier molecular flexibility index (Phi) is 12.0. The molecule has 164 valence electrons. The molecule has 0 aliphatic rings. The number of nitrogens with one attached hydrogen (secondary N) is 1. The fourth-order valence-corrected chi connectivity index (χ4v) is 6.90. The smallest absolute Gasteiger partial charge is 0.434 e. The number of para-hydroxylation sites is 1. The Morgan fingerprint density at radius 3 is 2.45 bits per heavy atom. The number of benzene rings is 1. The van der Waals surface area contributed by atoms with Crippen molar-refractivity contribution in [1.82, 2.24) is 9.76 Å². The highest BCUT2D eigenvalue weighted by Crippen LogP contribution is 2.59. The van der Waals surface area contributed by atoms with E-state index < -0.39 is 12.8 Å². The highest BCUT2D eigenvalue weighted by Gasteiger charge is 2.31. The Morgan fingerprint density at radius 1 is 1.17 bits per heavy atom. The first-order valence-electron chi connectivity index (χ1n) is 9.96. The minimum Gasteiger partial charge on any atom is -0.434 e. The number of nitrogens with zero attached hydrogens (tertiary/aromatic N) is 1. The molecular formula is C20H33N2O5PS. The predicted octanol–water partition coefficient (Wildman–Crippen LogP) is 5.47. The molecule has 1 amide bonds. The lowest BCUT2D eigenvalue weighted by Crippen LogP contribution is -2.28. The van der Waals surface area contributed by atoms with Crippen LogP contribution in [0.1, 0.15) is 52.4 Å². The first-order chi connectivity index (χ1) is 13.8. The van der Waals surface area contributed by atoms with Crippen LogP contribution in [-0.4, -0.2) is 42.7 Å². The summed E-state index contributed by atoms with van der Waals surface area (Å²) in [6.07, 6.45) is 3.59. The molecule has 2 unspecified atom stereocenters. The van der Waals surface area contributed by atoms with E-state index in [1.54, 1.807) is 38.4 Å². The Labute approximate surface area is 178 Å². The lowest BCUT2D eigenvalue weighted by molar-refractivity contribution is -0.125. The summed E-state index contributed by atoms with van der Waals surface area (Å²) in [5.74, 6) is 0.326. The third-order valence-electron chi connectivity index (χ3n) is 4.39. The van der Waals surface area contributed by atoms with Gasteiger partial charge in [0.15, 0.2) is 0 Å². The lowest BCUT2D eigenvalue weighted by atomic mass is 10.1. The first-order valence-corrected chi connectivity index (χ1v) is 13.1. The molecule has 0 saturated heterocycles. The molecule has 29 heavy (non-hydrogen) atoms. The van der Waals surface area contributed by atoms with Gasteiger partial charge in [0.1, 0.15) is 5.75 Å². The van der Waals surface area contributed by atoms with E-state index >= 15 is 0 Å². The Morgan fingerprint density at radius 2 is 1.83 bits per heavy atom. The monoisotopic (exact) mass is 444 g/mol. The Hall–Kier alpha value is -1.50. The Balaban J connectivity index is 2.19. The lowest BCUT2D eigenvalue weighted by Gasteiger charge is -2.28. The van der Waals surface area contributed by atoms with Crippen LogP contribution in [0, 0.1) is 0 Å². The van der Waals surface area contributed by atoms with Crippen molar-refractivity contribution < 1.29 is 23.6 Å². The van der Waals surface area contributed by atoms with Crippen molar-refractivity contribution in [2.24, 2.45) is 0 Å². The summed E-state index contributed by atoms with van der Waals surface area (Å²) in [5.41, 5.74) is 0. The van der Waals surface area contributed by atoms with Crippen LogP contribution < -0.4 is 9.82 Å². The summed E-state index contributed by atoms with van der Waals surface area (Å²) >= 11 is 1.33. The molecule has 0 fully saturated rings. The molecule has 7 nitrogen and oxygen atoms in total. The van der Waals surface area contributed by atoms with Crippen LogP contribution in [0.5, 0.6) is 5.75 Å². The molecule has 9 heteroatoms. The maximum absolute atomic E-state index is 13.0. The van der Waals surface area contributed by atoms with E-state index in [1.165, 1.54) is 16.1 Å². The van der Waals surface area contributed by atoms with Crippen LogP contribution in [0.25, 0.3) is 0 Å². The van der Waals surface area contributed by atoms with Gasteiger partial charge in [0, 0.05) is 18.7 Å². The summed E-state index contributed by atoms with van der Waals surface area (Å²) in [4.78, 5) is 23.9. The van der Waals surface area contributed by atoms with Gasteiger partial charge in [-0.05, 0) is 38.4 Å². The SMILES string of the molecule is CCC(C)SP(=O)(NC)N(C)C(=O)CCCCCCOC(=O)Oc1ccccc1. The van der Waals surface area contributed by atoms with E-state index in [1.807, 2.05) is 19.9 Å². The summed E-state index contributed by atoms with van der Waals surface area (Å²) in [6, 6.07) is 8.76. The minimum absolute atomic E-state index is 0.124. The molecule has 2 atom stereocenters. The van der Waals surface area contributed by atoms with Crippen LogP contribution in [0.4, 0.5) is 4.79 Å². The van der Waals surface area contributed by atoms with Crippen LogP contribution in [-0.2, 0) is 14.1 Å². The molecule has 0 radical (unpaired) electrons. The first kappa shape index (κ1) is 25.5. The van der Waals surface area contributed by atoms with Gasteiger partial charge in [-0.2, -0.15) is 0 Å². The Bertz CT molecular complexity index is 674. The van der Waals surface area contributed by atoms with Crippen molar-refractivity contribution in [3.05, 3.63) is 30.3 Å². The fraction of sp³-hybridized carbons (Fsp3) is 0.600. The zero-order valence-electron chi connectivity index (χ0n) is 17.8. The standard InChI is InChI=1S/C20H33N2O5PS/c1-5-17(2)29-28(25,21-3)22(4)19(23)15-11-6-7-12-16-26-20(24)27-18-13-9-8-10-14-18/h8-10,13-14,17H,5-7,11-12,15-16H2,1-4H3,(H,21,25). The van der Waals surface area contributed by atoms with Gasteiger partial charge in [0.25, 0.3) is 6.65 Å². The summed E-state index contributed by atoms with van der Waals surface area (Å²) in [6.45, 7) is 1.37. The molecule has 0 aliphatic carbocycles. The van der Waals surface area contributed by atoms with Crippen molar-refractivity contribution in [2.75, 3.05) is 20.7 Å². The zero-order valence-corrected chi connectivity index (χ0v) is 19.5. The van der Waals surface area contributed by atoms with Gasteiger partial charge >= 0.3 is 6.16 Å². The predicted molar refractivity (Wildman–Crippen MR) is 118 cm³/mol. The number of hydrogen-bond donors (Lipinski definition) is 1. The van der Waals surface area contributed by atoms with Crippen LogP contribution in [0.3, 0.4) is 0 Å². The van der Waals surface area contributed by atoms with Gasteiger partial charge in [0.05, 0.1) is 6.61 Å². The molecule has 1 aromatic carbocycles. The van der Waals surface area contributed by atoms with E-state index in [9.17, 15) is 14.2 Å². The largest absolute Gasteiger partial charge is 0.513 e. The zero-order chi connectivity index (χ0) is 21.7. The average Bonchev–Trinajstić information content (AvgIpc) is 2.72. The number of rotatable bonds is 13. The summed E-state index contributed by atoms with van der Waals surface area (Å²) < 4.78 is 24.4. The van der Waals surface area contributed by atoms with Gasteiger partial charge in [0.2, 0.25) is 5.91 Å². The number of unbranched alkanes of at least 4 members (excludes halogenated alkanes) is 3. The van der Waals surface area contributed by atoms with Crippen molar-refractivity contribution >= 4 is 30.1 Å². The van der Waals surface area contributed by atoms with E-state index in [4.69, 9.17) is 9.47 Å². The van der Waals surface area contributed by atoms with Gasteiger partial charge in [-0.15, -0.1) is 0 Å². The van der Waals surface area contributed by atoms with Crippen LogP contribution >= 0.6 is 18.0 Å². The van der Waals surface area contributed by atoms with Crippen molar-refractivity contribution in [1.29, 1.82) is 0 Å². The van der Waals surface area contributed by atoms with Crippen molar-refractivity contribution in [2.45, 2.75) is 57.6 Å². The molecule has 1 N–H and O–H groups in total. The molecule has 0 aliphatic heterocycles. The molecule has 0 aromatic heterocycles. The normalized spacial score (nSPS) is 13.9. The maximum atomic E-state index is 13.0. The minimum atomic E-state index is -2.95. The quantitative estimate of drug-likeness (QED) is 0.187. The third-order valence-corrected chi connectivity index (χ3v) is 10.2. The second-order valence-corrected chi connectivity index (χ2v) is 11.9. The second-order valence-electron chi connectivity index (χ2n) is 6.66. The van der Waals surface area contributed by atoms with Crippen molar-refractivity contribution in [3.63, 3.8) is 0 Å². The fourth-order valence-electron chi connectivity index (χ4n) is 2.40.